The summed E-state index contributed by atoms with van der Waals surface area (Å²) in [5.41, 5.74) is 3.31. The molecule has 3 rings (SSSR count). The summed E-state index contributed by atoms with van der Waals surface area (Å²) in [6, 6.07) is 7.35. The maximum absolute atomic E-state index is 12.9. The number of hydrogen-bond acceptors (Lipinski definition) is 6. The van der Waals surface area contributed by atoms with Crippen molar-refractivity contribution in [3.8, 4) is 0 Å². The van der Waals surface area contributed by atoms with E-state index in [0.29, 0.717) is 22.0 Å². The average Bonchev–Trinajstić information content (AvgIpc) is 2.74. The fourth-order valence-corrected chi connectivity index (χ4v) is 3.11. The van der Waals surface area contributed by atoms with E-state index in [4.69, 9.17) is 11.6 Å². The SMILES string of the molecule is CC(O)CNC(=O)c1cnccc1N(c1ccncc1)c1cc(C(C)C)ncc1Cl. The zero-order valence-electron chi connectivity index (χ0n) is 17.1. The second-order valence-corrected chi connectivity index (χ2v) is 7.62. The van der Waals surface area contributed by atoms with Gasteiger partial charge in [0.25, 0.3) is 5.91 Å². The van der Waals surface area contributed by atoms with Crippen molar-refractivity contribution in [1.29, 1.82) is 0 Å². The van der Waals surface area contributed by atoms with E-state index in [1.165, 1.54) is 6.20 Å². The molecule has 3 aromatic heterocycles. The molecule has 1 atom stereocenters. The second-order valence-electron chi connectivity index (χ2n) is 7.21. The minimum Gasteiger partial charge on any atom is -0.392 e. The fraction of sp³-hybridized carbons (Fsp3) is 0.273. The van der Waals surface area contributed by atoms with Crippen molar-refractivity contribution in [2.75, 3.05) is 11.4 Å². The Labute approximate surface area is 180 Å². The fourth-order valence-electron chi connectivity index (χ4n) is 2.92. The van der Waals surface area contributed by atoms with Crippen molar-refractivity contribution in [3.63, 3.8) is 0 Å². The molecule has 0 bridgehead atoms. The lowest BCUT2D eigenvalue weighted by atomic mass is 10.1. The quantitative estimate of drug-likeness (QED) is 0.588. The van der Waals surface area contributed by atoms with Crippen LogP contribution in [0.3, 0.4) is 0 Å². The van der Waals surface area contributed by atoms with Gasteiger partial charge >= 0.3 is 0 Å². The number of aromatic nitrogens is 3. The summed E-state index contributed by atoms with van der Waals surface area (Å²) in [6.45, 7) is 5.85. The van der Waals surface area contributed by atoms with Gasteiger partial charge in [-0.2, -0.15) is 0 Å². The third-order valence-electron chi connectivity index (χ3n) is 4.45. The summed E-state index contributed by atoms with van der Waals surface area (Å²) in [7, 11) is 0. The molecule has 0 spiro atoms. The predicted octanol–water partition coefficient (Wildman–Crippen LogP) is 4.23. The first-order chi connectivity index (χ1) is 14.4. The number of aliphatic hydroxyl groups is 1. The van der Waals surface area contributed by atoms with Crippen molar-refractivity contribution in [2.45, 2.75) is 32.8 Å². The molecule has 0 aliphatic heterocycles. The van der Waals surface area contributed by atoms with Gasteiger partial charge in [0.05, 0.1) is 28.1 Å². The van der Waals surface area contributed by atoms with Crippen molar-refractivity contribution in [3.05, 3.63) is 71.5 Å². The van der Waals surface area contributed by atoms with Crippen LogP contribution in [-0.2, 0) is 0 Å². The van der Waals surface area contributed by atoms with Crippen LogP contribution < -0.4 is 10.2 Å². The lowest BCUT2D eigenvalue weighted by Crippen LogP contribution is -2.31. The number of rotatable bonds is 7. The Morgan fingerprint density at radius 3 is 2.47 bits per heavy atom. The maximum Gasteiger partial charge on any atom is 0.255 e. The first kappa shape index (κ1) is 21.7. The Hall–Kier alpha value is -3.03. The minimum atomic E-state index is -0.659. The normalized spacial score (nSPS) is 11.9. The minimum absolute atomic E-state index is 0.135. The van der Waals surface area contributed by atoms with Crippen LogP contribution in [0.1, 0.15) is 42.7 Å². The molecule has 2 N–H and O–H groups in total. The highest BCUT2D eigenvalue weighted by Gasteiger charge is 2.23. The van der Waals surface area contributed by atoms with E-state index < -0.39 is 6.10 Å². The number of pyridine rings is 3. The molecule has 0 saturated heterocycles. The van der Waals surface area contributed by atoms with E-state index in [0.717, 1.165) is 11.4 Å². The molecule has 0 fully saturated rings. The van der Waals surface area contributed by atoms with E-state index >= 15 is 0 Å². The molecule has 0 radical (unpaired) electrons. The summed E-state index contributed by atoms with van der Waals surface area (Å²) >= 11 is 6.56. The third-order valence-corrected chi connectivity index (χ3v) is 4.74. The molecule has 1 unspecified atom stereocenters. The van der Waals surface area contributed by atoms with Crippen LogP contribution in [-0.4, -0.2) is 38.6 Å². The molecule has 8 heteroatoms. The van der Waals surface area contributed by atoms with Crippen LogP contribution in [0.25, 0.3) is 0 Å². The van der Waals surface area contributed by atoms with Crippen molar-refractivity contribution in [2.24, 2.45) is 0 Å². The molecule has 156 valence electrons. The van der Waals surface area contributed by atoms with Crippen LogP contribution in [0.4, 0.5) is 17.1 Å². The van der Waals surface area contributed by atoms with Gasteiger partial charge in [-0.05, 0) is 37.1 Å². The number of amides is 1. The predicted molar refractivity (Wildman–Crippen MR) is 118 cm³/mol. The molecule has 0 aliphatic rings. The molecule has 1 amide bonds. The maximum atomic E-state index is 12.9. The average molecular weight is 426 g/mol. The van der Waals surface area contributed by atoms with Gasteiger partial charge < -0.3 is 15.3 Å². The first-order valence-corrected chi connectivity index (χ1v) is 10.0. The van der Waals surface area contributed by atoms with Crippen molar-refractivity contribution < 1.29 is 9.90 Å². The van der Waals surface area contributed by atoms with Gasteiger partial charge in [-0.15, -0.1) is 0 Å². The number of carbonyl (C=O) groups excluding carboxylic acids is 1. The van der Waals surface area contributed by atoms with Gasteiger partial charge in [0.1, 0.15) is 0 Å². The number of hydrogen-bond donors (Lipinski definition) is 2. The lowest BCUT2D eigenvalue weighted by molar-refractivity contribution is 0.0924. The van der Waals surface area contributed by atoms with Crippen LogP contribution in [0.5, 0.6) is 0 Å². The molecule has 0 saturated carbocycles. The van der Waals surface area contributed by atoms with Gasteiger partial charge in [-0.1, -0.05) is 25.4 Å². The lowest BCUT2D eigenvalue weighted by Gasteiger charge is -2.28. The van der Waals surface area contributed by atoms with E-state index in [1.807, 2.05) is 23.1 Å². The summed E-state index contributed by atoms with van der Waals surface area (Å²) < 4.78 is 0. The van der Waals surface area contributed by atoms with Crippen LogP contribution >= 0.6 is 11.6 Å². The monoisotopic (exact) mass is 425 g/mol. The topological polar surface area (TPSA) is 91.2 Å². The standard InChI is InChI=1S/C22H24ClN5O2/c1-14(2)19-10-21(18(23)13-26-19)28(16-4-7-24-8-5-16)20-6-9-25-12-17(20)22(30)27-11-15(3)29/h4-10,12-15,29H,11H2,1-3H3,(H,27,30). The smallest absolute Gasteiger partial charge is 0.255 e. The van der Waals surface area contributed by atoms with Gasteiger partial charge in [0, 0.05) is 48.9 Å². The van der Waals surface area contributed by atoms with E-state index in [1.54, 1.807) is 37.8 Å². The molecular weight excluding hydrogens is 402 g/mol. The molecule has 0 aliphatic carbocycles. The molecule has 0 aromatic carbocycles. The Morgan fingerprint density at radius 2 is 1.80 bits per heavy atom. The summed E-state index contributed by atoms with van der Waals surface area (Å²) in [5, 5.41) is 12.7. The number of halogens is 1. The molecule has 3 aromatic rings. The van der Waals surface area contributed by atoms with E-state index in [9.17, 15) is 9.90 Å². The zero-order valence-corrected chi connectivity index (χ0v) is 17.8. The highest BCUT2D eigenvalue weighted by molar-refractivity contribution is 6.33. The Balaban J connectivity index is 2.17. The van der Waals surface area contributed by atoms with Gasteiger partial charge in [-0.25, -0.2) is 0 Å². The number of nitrogens with one attached hydrogen (secondary N) is 1. The summed E-state index contributed by atoms with van der Waals surface area (Å²) in [4.78, 5) is 27.4. The van der Waals surface area contributed by atoms with Gasteiger partial charge in [-0.3, -0.25) is 19.7 Å². The largest absolute Gasteiger partial charge is 0.392 e. The van der Waals surface area contributed by atoms with Gasteiger partial charge in [0.2, 0.25) is 0 Å². The molecular formula is C22H24ClN5O2. The molecule has 30 heavy (non-hydrogen) atoms. The summed E-state index contributed by atoms with van der Waals surface area (Å²) in [6.07, 6.45) is 7.43. The highest BCUT2D eigenvalue weighted by Crippen LogP contribution is 2.40. The zero-order chi connectivity index (χ0) is 21.7. The number of nitrogens with zero attached hydrogens (tertiary/aromatic N) is 4. The highest BCUT2D eigenvalue weighted by atomic mass is 35.5. The Kier molecular flexibility index (Phi) is 6.97. The first-order valence-electron chi connectivity index (χ1n) is 9.64. The number of carbonyl (C=O) groups is 1. The third kappa shape index (κ3) is 4.93. The number of aliphatic hydroxyl groups excluding tert-OH is 1. The van der Waals surface area contributed by atoms with Crippen molar-refractivity contribution >= 4 is 34.6 Å². The Morgan fingerprint density at radius 1 is 1.10 bits per heavy atom. The van der Waals surface area contributed by atoms with Crippen LogP contribution in [0, 0.1) is 0 Å². The van der Waals surface area contributed by atoms with Crippen LogP contribution in [0.15, 0.2) is 55.2 Å². The molecule has 7 nitrogen and oxygen atoms in total. The number of anilines is 3. The van der Waals surface area contributed by atoms with Crippen molar-refractivity contribution in [1.82, 2.24) is 20.3 Å². The van der Waals surface area contributed by atoms with E-state index in [2.05, 4.69) is 34.1 Å². The second kappa shape index (κ2) is 9.65. The van der Waals surface area contributed by atoms with E-state index in [-0.39, 0.29) is 18.4 Å². The van der Waals surface area contributed by atoms with Crippen LogP contribution in [0.2, 0.25) is 5.02 Å². The molecule has 3 heterocycles. The summed E-state index contributed by atoms with van der Waals surface area (Å²) in [5.74, 6) is -0.140. The van der Waals surface area contributed by atoms with Gasteiger partial charge in [0.15, 0.2) is 0 Å². The Bertz CT molecular complexity index is 1010.